The van der Waals surface area contributed by atoms with Gasteiger partial charge in [-0.05, 0) is 71.7 Å². The largest absolute Gasteiger partial charge is 0.386 e. The maximum absolute atomic E-state index is 5.17. The molecule has 0 radical (unpaired) electrons. The third-order valence-corrected chi connectivity index (χ3v) is 7.66. The number of nitrogens with one attached hydrogen (secondary N) is 1. The van der Waals surface area contributed by atoms with Crippen molar-refractivity contribution in [2.45, 2.75) is 6.92 Å². The van der Waals surface area contributed by atoms with Gasteiger partial charge in [0.1, 0.15) is 0 Å². The highest BCUT2D eigenvalue weighted by atomic mass is 15.0. The van der Waals surface area contributed by atoms with Gasteiger partial charge in [0.25, 0.3) is 0 Å². The van der Waals surface area contributed by atoms with Crippen LogP contribution in [0.3, 0.4) is 0 Å². The van der Waals surface area contributed by atoms with Gasteiger partial charge in [0.15, 0.2) is 0 Å². The van der Waals surface area contributed by atoms with E-state index in [9.17, 15) is 0 Å². The van der Waals surface area contributed by atoms with Crippen molar-refractivity contribution in [2.75, 3.05) is 12.4 Å². The van der Waals surface area contributed by atoms with E-state index in [2.05, 4.69) is 120 Å². The number of allylic oxidation sites excluding steroid dienone is 6. The minimum atomic E-state index is 0.880. The van der Waals surface area contributed by atoms with Crippen LogP contribution in [0.25, 0.3) is 45.4 Å². The molecule has 0 spiro atoms. The van der Waals surface area contributed by atoms with E-state index in [1.54, 1.807) is 0 Å². The molecule has 3 nitrogen and oxygen atoms in total. The van der Waals surface area contributed by atoms with E-state index in [-0.39, 0.29) is 0 Å². The highest BCUT2D eigenvalue weighted by Crippen LogP contribution is 2.35. The van der Waals surface area contributed by atoms with E-state index in [1.165, 1.54) is 10.9 Å². The summed E-state index contributed by atoms with van der Waals surface area (Å²) in [7, 11) is 1.93. The molecule has 42 heavy (non-hydrogen) atoms. The average Bonchev–Trinajstić information content (AvgIpc) is 3.35. The predicted molar refractivity (Wildman–Crippen MR) is 183 cm³/mol. The molecule has 0 saturated carbocycles. The van der Waals surface area contributed by atoms with Crippen LogP contribution in [0.5, 0.6) is 0 Å². The quantitative estimate of drug-likeness (QED) is 0.227. The number of fused-ring (bicyclic) bond motifs is 2. The molecule has 0 saturated heterocycles. The predicted octanol–water partition coefficient (Wildman–Crippen LogP) is 10.3. The summed E-state index contributed by atoms with van der Waals surface area (Å²) in [5.74, 6) is 0. The molecular formula is C39H33N3. The van der Waals surface area contributed by atoms with Crippen LogP contribution >= 0.6 is 0 Å². The van der Waals surface area contributed by atoms with E-state index in [0.29, 0.717) is 0 Å². The third-order valence-electron chi connectivity index (χ3n) is 7.66. The number of anilines is 1. The zero-order valence-corrected chi connectivity index (χ0v) is 24.0. The maximum atomic E-state index is 5.17. The lowest BCUT2D eigenvalue weighted by molar-refractivity contribution is 1.11. The van der Waals surface area contributed by atoms with Gasteiger partial charge < -0.3 is 9.88 Å². The van der Waals surface area contributed by atoms with Crippen molar-refractivity contribution in [3.63, 3.8) is 0 Å². The Morgan fingerprint density at radius 3 is 2.29 bits per heavy atom. The molecule has 0 bridgehead atoms. The minimum absolute atomic E-state index is 0.880. The summed E-state index contributed by atoms with van der Waals surface area (Å²) in [5.41, 5.74) is 12.6. The number of para-hydroxylation sites is 1. The van der Waals surface area contributed by atoms with Gasteiger partial charge in [-0.2, -0.15) is 0 Å². The molecule has 0 unspecified atom stereocenters. The van der Waals surface area contributed by atoms with Crippen LogP contribution in [0.2, 0.25) is 0 Å². The maximum Gasteiger partial charge on any atom is 0.0874 e. The molecule has 1 aromatic heterocycles. The Morgan fingerprint density at radius 1 is 0.810 bits per heavy atom. The molecule has 6 rings (SSSR count). The van der Waals surface area contributed by atoms with Gasteiger partial charge in [0.2, 0.25) is 0 Å². The molecule has 4 aromatic carbocycles. The molecule has 1 aliphatic carbocycles. The van der Waals surface area contributed by atoms with Gasteiger partial charge in [-0.1, -0.05) is 104 Å². The number of hydrogen-bond donors (Lipinski definition) is 1. The van der Waals surface area contributed by atoms with Crippen LogP contribution in [0, 0.1) is 0 Å². The van der Waals surface area contributed by atoms with Crippen molar-refractivity contribution < 1.29 is 0 Å². The van der Waals surface area contributed by atoms with Crippen molar-refractivity contribution >= 4 is 45.7 Å². The fourth-order valence-electron chi connectivity index (χ4n) is 5.64. The van der Waals surface area contributed by atoms with Gasteiger partial charge in [-0.3, -0.25) is 0 Å². The van der Waals surface area contributed by atoms with Crippen LogP contribution < -0.4 is 5.32 Å². The average molecular weight is 544 g/mol. The molecule has 1 heterocycles. The zero-order chi connectivity index (χ0) is 29.1. The van der Waals surface area contributed by atoms with Gasteiger partial charge in [0, 0.05) is 29.2 Å². The van der Waals surface area contributed by atoms with Crippen molar-refractivity contribution in [1.29, 1.82) is 0 Å². The van der Waals surface area contributed by atoms with Gasteiger partial charge >= 0.3 is 0 Å². The van der Waals surface area contributed by atoms with E-state index in [0.717, 1.165) is 61.8 Å². The number of aliphatic imine (C=N–C) groups is 1. The summed E-state index contributed by atoms with van der Waals surface area (Å²) in [6, 6.07) is 31.9. The first-order chi connectivity index (χ1) is 20.6. The Kier molecular flexibility index (Phi) is 7.40. The fraction of sp³-hybridized carbons (Fsp3) is 0.0513. The minimum Gasteiger partial charge on any atom is -0.386 e. The first-order valence-corrected chi connectivity index (χ1v) is 14.2. The number of rotatable bonds is 6. The van der Waals surface area contributed by atoms with Crippen LogP contribution in [0.1, 0.15) is 29.3 Å². The highest BCUT2D eigenvalue weighted by Gasteiger charge is 2.15. The Morgan fingerprint density at radius 2 is 1.52 bits per heavy atom. The summed E-state index contributed by atoms with van der Waals surface area (Å²) in [5, 5.41) is 4.53. The standard InChI is InChI=1S/C39H33N3/c1-5-13-33-34-17-10-12-19-39(34)42(38(33)6-2)30-23-20-28(21-24-30)29-22-25-36(40-4)37(26-29)41-35-18-11-7-14-27(3)31-15-8-9-16-32(31)35/h5-26,40H,2-3H2,1,4H3/b13-5-,14-7-,18-11-,41-35?. The lowest BCUT2D eigenvalue weighted by Crippen LogP contribution is -2.03. The summed E-state index contributed by atoms with van der Waals surface area (Å²) in [6.07, 6.45) is 14.3. The molecular weight excluding hydrogens is 510 g/mol. The molecule has 204 valence electrons. The Bertz CT molecular complexity index is 1940. The van der Waals surface area contributed by atoms with Crippen molar-refractivity contribution in [2.24, 2.45) is 4.99 Å². The molecule has 0 aliphatic heterocycles. The summed E-state index contributed by atoms with van der Waals surface area (Å²) in [6.45, 7) is 10.4. The second kappa shape index (κ2) is 11.6. The van der Waals surface area contributed by atoms with Crippen molar-refractivity contribution in [3.8, 4) is 16.8 Å². The number of aromatic nitrogens is 1. The molecule has 3 heteroatoms. The van der Waals surface area contributed by atoms with Gasteiger partial charge in [-0.15, -0.1) is 0 Å². The van der Waals surface area contributed by atoms with Gasteiger partial charge in [-0.25, -0.2) is 4.99 Å². The number of hydrogen-bond acceptors (Lipinski definition) is 2. The van der Waals surface area contributed by atoms with E-state index >= 15 is 0 Å². The molecule has 0 fully saturated rings. The van der Waals surface area contributed by atoms with Crippen LogP contribution in [0.4, 0.5) is 11.4 Å². The zero-order valence-electron chi connectivity index (χ0n) is 24.0. The summed E-state index contributed by atoms with van der Waals surface area (Å²) < 4.78 is 2.28. The third kappa shape index (κ3) is 4.86. The van der Waals surface area contributed by atoms with Crippen LogP contribution in [-0.4, -0.2) is 17.3 Å². The summed E-state index contributed by atoms with van der Waals surface area (Å²) in [4.78, 5) is 5.17. The Balaban J connectivity index is 1.43. The van der Waals surface area contributed by atoms with E-state index < -0.39 is 0 Å². The lowest BCUT2D eigenvalue weighted by Gasteiger charge is -2.14. The van der Waals surface area contributed by atoms with E-state index in [4.69, 9.17) is 4.99 Å². The molecule has 5 aromatic rings. The van der Waals surface area contributed by atoms with Crippen LogP contribution in [-0.2, 0) is 0 Å². The number of benzene rings is 4. The topological polar surface area (TPSA) is 29.3 Å². The highest BCUT2D eigenvalue weighted by molar-refractivity contribution is 6.14. The SMILES string of the molecule is C=Cc1c(/C=C\C)c2ccccc2n1-c1ccc(-c2ccc(NC)c(N=C3/C=C\C=C/C(=C)c4ccccc43)c2)cc1. The molecule has 0 atom stereocenters. The lowest BCUT2D eigenvalue weighted by atomic mass is 9.95. The molecule has 0 amide bonds. The Labute approximate surface area is 247 Å². The summed E-state index contributed by atoms with van der Waals surface area (Å²) >= 11 is 0. The first-order valence-electron chi connectivity index (χ1n) is 14.2. The fourth-order valence-corrected chi connectivity index (χ4v) is 5.64. The van der Waals surface area contributed by atoms with Crippen molar-refractivity contribution in [3.05, 3.63) is 157 Å². The molecule has 1 N–H and O–H groups in total. The smallest absolute Gasteiger partial charge is 0.0874 e. The Hall–Kier alpha value is -5.41. The van der Waals surface area contributed by atoms with Crippen molar-refractivity contribution in [1.82, 2.24) is 4.57 Å². The second-order valence-electron chi connectivity index (χ2n) is 10.2. The van der Waals surface area contributed by atoms with Crippen LogP contribution in [0.15, 0.2) is 140 Å². The first kappa shape index (κ1) is 26.8. The second-order valence-corrected chi connectivity index (χ2v) is 10.2. The normalized spacial score (nSPS) is 15.4. The van der Waals surface area contributed by atoms with E-state index in [1.807, 2.05) is 50.4 Å². The molecule has 1 aliphatic rings. The van der Waals surface area contributed by atoms with Gasteiger partial charge in [0.05, 0.1) is 28.3 Å². The number of nitrogens with zero attached hydrogens (tertiary/aromatic N) is 2. The monoisotopic (exact) mass is 543 g/mol.